The van der Waals surface area contributed by atoms with E-state index >= 15 is 0 Å². The Labute approximate surface area is 120 Å². The van der Waals surface area contributed by atoms with Gasteiger partial charge in [-0.15, -0.1) is 0 Å². The van der Waals surface area contributed by atoms with Gasteiger partial charge < -0.3 is 4.90 Å². The fourth-order valence-electron chi connectivity index (χ4n) is 2.19. The van der Waals surface area contributed by atoms with Crippen LogP contribution < -0.4 is 0 Å². The van der Waals surface area contributed by atoms with Crippen LogP contribution >= 0.6 is 0 Å². The van der Waals surface area contributed by atoms with E-state index in [0.717, 1.165) is 24.2 Å². The SMILES string of the molecule is Cc1ccccc1C(=O)CCN(C)Cc1ccncc1. The first kappa shape index (κ1) is 14.4. The Kier molecular flexibility index (Phi) is 5.02. The highest BCUT2D eigenvalue weighted by atomic mass is 16.1. The molecule has 0 saturated carbocycles. The third-order valence-electron chi connectivity index (χ3n) is 3.37. The molecule has 3 heteroatoms. The number of hydrogen-bond donors (Lipinski definition) is 0. The van der Waals surface area contributed by atoms with Crippen molar-refractivity contribution >= 4 is 5.78 Å². The van der Waals surface area contributed by atoms with Gasteiger partial charge in [-0.05, 0) is 37.2 Å². The molecule has 0 aliphatic carbocycles. The van der Waals surface area contributed by atoms with Gasteiger partial charge in [-0.2, -0.15) is 0 Å². The summed E-state index contributed by atoms with van der Waals surface area (Å²) in [4.78, 5) is 18.3. The molecule has 0 radical (unpaired) electrons. The van der Waals surface area contributed by atoms with Gasteiger partial charge in [0.1, 0.15) is 0 Å². The van der Waals surface area contributed by atoms with Crippen LogP contribution in [0.3, 0.4) is 0 Å². The molecule has 0 atom stereocenters. The van der Waals surface area contributed by atoms with Gasteiger partial charge in [0, 0.05) is 37.5 Å². The van der Waals surface area contributed by atoms with Crippen LogP contribution in [0.4, 0.5) is 0 Å². The lowest BCUT2D eigenvalue weighted by atomic mass is 10.0. The Hall–Kier alpha value is -2.00. The summed E-state index contributed by atoms with van der Waals surface area (Å²) in [6.07, 6.45) is 4.13. The van der Waals surface area contributed by atoms with E-state index in [0.29, 0.717) is 6.42 Å². The van der Waals surface area contributed by atoms with Gasteiger partial charge in [-0.3, -0.25) is 9.78 Å². The van der Waals surface area contributed by atoms with Gasteiger partial charge in [0.05, 0.1) is 0 Å². The number of Topliss-reactive ketones (excluding diaryl/α,β-unsaturated/α-hetero) is 1. The largest absolute Gasteiger partial charge is 0.302 e. The number of carbonyl (C=O) groups excluding carboxylic acids is 1. The summed E-state index contributed by atoms with van der Waals surface area (Å²) < 4.78 is 0. The van der Waals surface area contributed by atoms with E-state index in [1.165, 1.54) is 5.56 Å². The molecular weight excluding hydrogens is 248 g/mol. The van der Waals surface area contributed by atoms with E-state index in [4.69, 9.17) is 0 Å². The molecule has 3 nitrogen and oxygen atoms in total. The number of nitrogens with zero attached hydrogens (tertiary/aromatic N) is 2. The molecule has 1 heterocycles. The van der Waals surface area contributed by atoms with Crippen LogP contribution in [0, 0.1) is 6.92 Å². The molecule has 0 aliphatic rings. The van der Waals surface area contributed by atoms with E-state index in [9.17, 15) is 4.79 Å². The Morgan fingerprint density at radius 3 is 2.55 bits per heavy atom. The first-order valence-electron chi connectivity index (χ1n) is 6.83. The highest BCUT2D eigenvalue weighted by molar-refractivity contribution is 5.97. The molecule has 1 aromatic heterocycles. The van der Waals surface area contributed by atoms with Gasteiger partial charge in [0.15, 0.2) is 5.78 Å². The third kappa shape index (κ3) is 4.00. The highest BCUT2D eigenvalue weighted by Crippen LogP contribution is 2.10. The van der Waals surface area contributed by atoms with Crippen LogP contribution in [-0.2, 0) is 6.54 Å². The first-order chi connectivity index (χ1) is 9.66. The maximum Gasteiger partial charge on any atom is 0.164 e. The Bertz CT molecular complexity index is 566. The number of pyridine rings is 1. The van der Waals surface area contributed by atoms with Crippen molar-refractivity contribution in [2.24, 2.45) is 0 Å². The Morgan fingerprint density at radius 1 is 1.15 bits per heavy atom. The zero-order valence-electron chi connectivity index (χ0n) is 12.0. The molecule has 0 spiro atoms. The molecule has 0 bridgehead atoms. The third-order valence-corrected chi connectivity index (χ3v) is 3.37. The van der Waals surface area contributed by atoms with Gasteiger partial charge >= 0.3 is 0 Å². The van der Waals surface area contributed by atoms with Crippen LogP contribution in [0.15, 0.2) is 48.8 Å². The van der Waals surface area contributed by atoms with Crippen LogP contribution in [0.1, 0.15) is 27.9 Å². The van der Waals surface area contributed by atoms with Gasteiger partial charge in [0.2, 0.25) is 0 Å². The van der Waals surface area contributed by atoms with E-state index in [1.807, 2.05) is 50.4 Å². The van der Waals surface area contributed by atoms with Crippen molar-refractivity contribution in [1.82, 2.24) is 9.88 Å². The maximum absolute atomic E-state index is 12.2. The summed E-state index contributed by atoms with van der Waals surface area (Å²) in [6.45, 7) is 3.58. The topological polar surface area (TPSA) is 33.2 Å². The van der Waals surface area contributed by atoms with Crippen molar-refractivity contribution in [3.8, 4) is 0 Å². The van der Waals surface area contributed by atoms with E-state index < -0.39 is 0 Å². The van der Waals surface area contributed by atoms with Crippen LogP contribution in [0.5, 0.6) is 0 Å². The summed E-state index contributed by atoms with van der Waals surface area (Å²) in [5.74, 6) is 0.213. The predicted octanol–water partition coefficient (Wildman–Crippen LogP) is 3.09. The number of carbonyl (C=O) groups is 1. The average molecular weight is 268 g/mol. The van der Waals surface area contributed by atoms with Crippen molar-refractivity contribution in [2.45, 2.75) is 19.9 Å². The summed E-state index contributed by atoms with van der Waals surface area (Å²) in [6, 6.07) is 11.8. The minimum atomic E-state index is 0.213. The van der Waals surface area contributed by atoms with Crippen molar-refractivity contribution in [3.63, 3.8) is 0 Å². The van der Waals surface area contributed by atoms with Crippen molar-refractivity contribution < 1.29 is 4.79 Å². The fourth-order valence-corrected chi connectivity index (χ4v) is 2.19. The lowest BCUT2D eigenvalue weighted by Crippen LogP contribution is -2.21. The molecule has 0 amide bonds. The number of aromatic nitrogens is 1. The Balaban J connectivity index is 1.86. The minimum Gasteiger partial charge on any atom is -0.302 e. The molecule has 2 rings (SSSR count). The number of rotatable bonds is 6. The smallest absolute Gasteiger partial charge is 0.164 e. The number of ketones is 1. The zero-order chi connectivity index (χ0) is 14.4. The second kappa shape index (κ2) is 6.96. The van der Waals surface area contributed by atoms with E-state index in [1.54, 1.807) is 12.4 Å². The molecular formula is C17H20N2O. The zero-order valence-corrected chi connectivity index (χ0v) is 12.0. The Morgan fingerprint density at radius 2 is 1.85 bits per heavy atom. The molecule has 0 N–H and O–H groups in total. The first-order valence-corrected chi connectivity index (χ1v) is 6.83. The summed E-state index contributed by atoms with van der Waals surface area (Å²) in [7, 11) is 2.03. The lowest BCUT2D eigenvalue weighted by Gasteiger charge is -2.16. The number of benzene rings is 1. The standard InChI is InChI=1S/C17H20N2O/c1-14-5-3-4-6-16(14)17(20)9-12-19(2)13-15-7-10-18-11-8-15/h3-8,10-11H,9,12-13H2,1-2H3. The van der Waals surface area contributed by atoms with Crippen LogP contribution in [-0.4, -0.2) is 29.3 Å². The van der Waals surface area contributed by atoms with Crippen molar-refractivity contribution in [2.75, 3.05) is 13.6 Å². The molecule has 20 heavy (non-hydrogen) atoms. The van der Waals surface area contributed by atoms with Crippen LogP contribution in [0.2, 0.25) is 0 Å². The lowest BCUT2D eigenvalue weighted by molar-refractivity contribution is 0.0967. The molecule has 0 unspecified atom stereocenters. The summed E-state index contributed by atoms with van der Waals surface area (Å²) >= 11 is 0. The molecule has 1 aromatic carbocycles. The predicted molar refractivity (Wildman–Crippen MR) is 80.7 cm³/mol. The second-order valence-corrected chi connectivity index (χ2v) is 5.08. The van der Waals surface area contributed by atoms with Crippen LogP contribution in [0.25, 0.3) is 0 Å². The van der Waals surface area contributed by atoms with Gasteiger partial charge in [-0.25, -0.2) is 0 Å². The normalized spacial score (nSPS) is 10.8. The monoisotopic (exact) mass is 268 g/mol. The number of hydrogen-bond acceptors (Lipinski definition) is 3. The molecule has 0 saturated heterocycles. The maximum atomic E-state index is 12.2. The van der Waals surface area contributed by atoms with Gasteiger partial charge in [-0.1, -0.05) is 24.3 Å². The molecule has 104 valence electrons. The number of aryl methyl sites for hydroxylation is 1. The summed E-state index contributed by atoms with van der Waals surface area (Å²) in [5.41, 5.74) is 3.10. The fraction of sp³-hybridized carbons (Fsp3) is 0.294. The van der Waals surface area contributed by atoms with E-state index in [2.05, 4.69) is 9.88 Å². The molecule has 0 aliphatic heterocycles. The molecule has 2 aromatic rings. The average Bonchev–Trinajstić information content (AvgIpc) is 2.46. The van der Waals surface area contributed by atoms with Crippen molar-refractivity contribution in [3.05, 3.63) is 65.5 Å². The summed E-state index contributed by atoms with van der Waals surface area (Å²) in [5, 5.41) is 0. The van der Waals surface area contributed by atoms with Crippen molar-refractivity contribution in [1.29, 1.82) is 0 Å². The second-order valence-electron chi connectivity index (χ2n) is 5.08. The molecule has 0 fully saturated rings. The quantitative estimate of drug-likeness (QED) is 0.755. The van der Waals surface area contributed by atoms with Gasteiger partial charge in [0.25, 0.3) is 0 Å². The highest BCUT2D eigenvalue weighted by Gasteiger charge is 2.09. The minimum absolute atomic E-state index is 0.213. The van der Waals surface area contributed by atoms with E-state index in [-0.39, 0.29) is 5.78 Å².